The third kappa shape index (κ3) is 5.68. The molecule has 5 aromatic rings. The van der Waals surface area contributed by atoms with E-state index < -0.39 is 5.82 Å². The summed E-state index contributed by atoms with van der Waals surface area (Å²) in [5.41, 5.74) is 4.31. The van der Waals surface area contributed by atoms with Crippen molar-refractivity contribution in [1.29, 1.82) is 5.26 Å². The Morgan fingerprint density at radius 1 is 1.07 bits per heavy atom. The van der Waals surface area contributed by atoms with Crippen LogP contribution in [0.2, 0.25) is 10.0 Å². The van der Waals surface area contributed by atoms with Crippen molar-refractivity contribution in [3.05, 3.63) is 106 Å². The van der Waals surface area contributed by atoms with E-state index in [2.05, 4.69) is 37.3 Å². The molecular weight excluding hydrogens is 562 g/mol. The van der Waals surface area contributed by atoms with Gasteiger partial charge in [0.2, 0.25) is 0 Å². The smallest absolute Gasteiger partial charge is 0.141 e. The fraction of sp³-hybridized carbons (Fsp3) is 0.200. The van der Waals surface area contributed by atoms with Crippen LogP contribution in [0.15, 0.2) is 73.1 Å². The van der Waals surface area contributed by atoms with Gasteiger partial charge in [-0.3, -0.25) is 4.98 Å². The van der Waals surface area contributed by atoms with E-state index in [0.717, 1.165) is 37.2 Å². The first-order valence-electron chi connectivity index (χ1n) is 13.2. The Bertz CT molecular complexity index is 1750. The molecule has 6 rings (SSSR count). The van der Waals surface area contributed by atoms with Crippen LogP contribution in [0.4, 0.5) is 21.5 Å². The van der Waals surface area contributed by atoms with Crippen molar-refractivity contribution >= 4 is 51.2 Å². The molecule has 0 aliphatic carbocycles. The molecule has 3 heterocycles. The van der Waals surface area contributed by atoms with E-state index in [4.69, 9.17) is 23.2 Å². The third-order valence-corrected chi connectivity index (χ3v) is 7.69. The minimum absolute atomic E-state index is 0.0319. The highest BCUT2D eigenvalue weighted by atomic mass is 35.5. The molecule has 1 atom stereocenters. The Morgan fingerprint density at radius 3 is 2.63 bits per heavy atom. The number of fused-ring (bicyclic) bond motifs is 1. The molecular formula is C30H25Cl2FN8. The lowest BCUT2D eigenvalue weighted by Crippen LogP contribution is -2.29. The Kier molecular flexibility index (Phi) is 7.70. The zero-order valence-electron chi connectivity index (χ0n) is 21.8. The molecule has 41 heavy (non-hydrogen) atoms. The number of nitrogens with zero attached hydrogens (tertiary/aromatic N) is 5. The van der Waals surface area contributed by atoms with Crippen LogP contribution in [-0.4, -0.2) is 33.1 Å². The van der Waals surface area contributed by atoms with Gasteiger partial charge in [0, 0.05) is 22.3 Å². The van der Waals surface area contributed by atoms with Crippen LogP contribution in [0.3, 0.4) is 0 Å². The number of anilines is 3. The van der Waals surface area contributed by atoms with E-state index in [1.165, 1.54) is 18.3 Å². The molecule has 206 valence electrons. The SMILES string of the molecule is N#Cc1cnc2c(N[C@@H](c3ccccc3)c3cn(C4CCNCC4)nn3)cc(Cl)cc2c1Nc1ccc(F)c(Cl)c1. The van der Waals surface area contributed by atoms with Crippen LogP contribution in [-0.2, 0) is 0 Å². The van der Waals surface area contributed by atoms with Gasteiger partial charge in [0.15, 0.2) is 0 Å². The number of nitrogens with one attached hydrogen (secondary N) is 3. The molecule has 0 saturated carbocycles. The average molecular weight is 587 g/mol. The second-order valence-corrected chi connectivity index (χ2v) is 10.7. The summed E-state index contributed by atoms with van der Waals surface area (Å²) in [4.78, 5) is 4.63. The molecule has 3 N–H and O–H groups in total. The van der Waals surface area contributed by atoms with Crippen molar-refractivity contribution in [2.45, 2.75) is 24.9 Å². The van der Waals surface area contributed by atoms with E-state index >= 15 is 0 Å². The second kappa shape index (κ2) is 11.7. The molecule has 3 aromatic carbocycles. The Hall–Kier alpha value is -4.23. The lowest BCUT2D eigenvalue weighted by atomic mass is 10.0. The average Bonchev–Trinajstić information content (AvgIpc) is 3.49. The largest absolute Gasteiger partial charge is 0.371 e. The molecule has 8 nitrogen and oxygen atoms in total. The highest BCUT2D eigenvalue weighted by molar-refractivity contribution is 6.32. The maximum Gasteiger partial charge on any atom is 0.141 e. The molecule has 1 fully saturated rings. The van der Waals surface area contributed by atoms with Crippen LogP contribution in [0, 0.1) is 17.1 Å². The number of halogens is 3. The number of piperidine rings is 1. The molecule has 0 radical (unpaired) electrons. The fourth-order valence-electron chi connectivity index (χ4n) is 5.12. The van der Waals surface area contributed by atoms with Gasteiger partial charge in [0.1, 0.15) is 17.6 Å². The van der Waals surface area contributed by atoms with Crippen molar-refractivity contribution in [3.63, 3.8) is 0 Å². The van der Waals surface area contributed by atoms with Crippen molar-refractivity contribution in [2.75, 3.05) is 23.7 Å². The Morgan fingerprint density at radius 2 is 1.88 bits per heavy atom. The number of rotatable bonds is 7. The first-order valence-corrected chi connectivity index (χ1v) is 13.9. The summed E-state index contributed by atoms with van der Waals surface area (Å²) in [7, 11) is 0. The molecule has 1 aliphatic heterocycles. The molecule has 0 amide bonds. The maximum atomic E-state index is 13.8. The summed E-state index contributed by atoms with van der Waals surface area (Å²) in [5.74, 6) is -0.532. The summed E-state index contributed by atoms with van der Waals surface area (Å²) < 4.78 is 15.7. The van der Waals surface area contributed by atoms with Crippen LogP contribution >= 0.6 is 23.2 Å². The van der Waals surface area contributed by atoms with E-state index in [1.54, 1.807) is 18.2 Å². The minimum Gasteiger partial charge on any atom is -0.371 e. The number of pyridine rings is 1. The van der Waals surface area contributed by atoms with Gasteiger partial charge in [-0.05, 0) is 61.8 Å². The first-order chi connectivity index (χ1) is 20.0. The van der Waals surface area contributed by atoms with E-state index in [-0.39, 0.29) is 11.1 Å². The zero-order chi connectivity index (χ0) is 28.3. The summed E-state index contributed by atoms with van der Waals surface area (Å²) >= 11 is 12.6. The fourth-order valence-corrected chi connectivity index (χ4v) is 5.52. The van der Waals surface area contributed by atoms with Crippen LogP contribution < -0.4 is 16.0 Å². The molecule has 2 aromatic heterocycles. The number of benzene rings is 3. The van der Waals surface area contributed by atoms with Gasteiger partial charge < -0.3 is 16.0 Å². The highest BCUT2D eigenvalue weighted by Gasteiger charge is 2.23. The van der Waals surface area contributed by atoms with Gasteiger partial charge in [-0.2, -0.15) is 5.26 Å². The lowest BCUT2D eigenvalue weighted by Gasteiger charge is -2.22. The second-order valence-electron chi connectivity index (χ2n) is 9.85. The Balaban J connectivity index is 1.42. The predicted molar refractivity (Wildman–Crippen MR) is 159 cm³/mol. The molecule has 1 saturated heterocycles. The van der Waals surface area contributed by atoms with Gasteiger partial charge >= 0.3 is 0 Å². The molecule has 0 bridgehead atoms. The van der Waals surface area contributed by atoms with E-state index in [1.807, 2.05) is 41.2 Å². The quantitative estimate of drug-likeness (QED) is 0.188. The summed E-state index contributed by atoms with van der Waals surface area (Å²) in [6.07, 6.45) is 5.48. The van der Waals surface area contributed by atoms with Crippen molar-refractivity contribution in [2.24, 2.45) is 0 Å². The number of hydrogen-bond donors (Lipinski definition) is 3. The lowest BCUT2D eigenvalue weighted by molar-refractivity contribution is 0.337. The molecule has 1 aliphatic rings. The highest BCUT2D eigenvalue weighted by Crippen LogP contribution is 2.38. The number of hydrogen-bond acceptors (Lipinski definition) is 7. The Labute approximate surface area is 246 Å². The van der Waals surface area contributed by atoms with Crippen molar-refractivity contribution in [1.82, 2.24) is 25.3 Å². The maximum absolute atomic E-state index is 13.8. The summed E-state index contributed by atoms with van der Waals surface area (Å²) in [6.45, 7) is 1.90. The minimum atomic E-state index is -0.532. The summed E-state index contributed by atoms with van der Waals surface area (Å²) in [6, 6.07) is 19.9. The molecule has 0 spiro atoms. The molecule has 0 unspecified atom stereocenters. The summed E-state index contributed by atoms with van der Waals surface area (Å²) in [5, 5.41) is 30.1. The van der Waals surface area contributed by atoms with Gasteiger partial charge in [-0.15, -0.1) is 5.10 Å². The van der Waals surface area contributed by atoms with Crippen LogP contribution in [0.1, 0.15) is 41.7 Å². The van der Waals surface area contributed by atoms with E-state index in [0.29, 0.717) is 44.6 Å². The number of aromatic nitrogens is 4. The van der Waals surface area contributed by atoms with Crippen LogP contribution in [0.25, 0.3) is 10.9 Å². The predicted octanol–water partition coefficient (Wildman–Crippen LogP) is 7.01. The number of nitriles is 1. The normalized spacial score (nSPS) is 14.5. The van der Waals surface area contributed by atoms with E-state index in [9.17, 15) is 9.65 Å². The topological polar surface area (TPSA) is 103 Å². The van der Waals surface area contributed by atoms with Crippen LogP contribution in [0.5, 0.6) is 0 Å². The third-order valence-electron chi connectivity index (χ3n) is 7.18. The van der Waals surface area contributed by atoms with Crippen molar-refractivity contribution in [3.8, 4) is 6.07 Å². The first kappa shape index (κ1) is 27.0. The van der Waals surface area contributed by atoms with Gasteiger partial charge in [-0.1, -0.05) is 58.7 Å². The van der Waals surface area contributed by atoms with Gasteiger partial charge in [-0.25, -0.2) is 9.07 Å². The van der Waals surface area contributed by atoms with Gasteiger partial charge in [0.25, 0.3) is 0 Å². The van der Waals surface area contributed by atoms with Gasteiger partial charge in [0.05, 0.1) is 45.8 Å². The van der Waals surface area contributed by atoms with Crippen molar-refractivity contribution < 1.29 is 4.39 Å². The zero-order valence-corrected chi connectivity index (χ0v) is 23.3. The monoisotopic (exact) mass is 586 g/mol. The standard InChI is InChI=1S/C30H25Cl2FN8/c31-20-12-23-28(37-21-6-7-25(33)24(32)14-21)19(15-34)16-36-30(23)26(13-20)38-29(18-4-2-1-3-5-18)27-17-41(40-39-27)22-8-10-35-11-9-22/h1-7,12-14,16-17,22,29,35,38H,8-11H2,(H,36,37)/t29-/m0/s1. The molecule has 11 heteroatoms.